The number of thiophene rings is 1. The Labute approximate surface area is 95.7 Å². The summed E-state index contributed by atoms with van der Waals surface area (Å²) in [5, 5.41) is 1.45. The molecule has 0 fully saturated rings. The van der Waals surface area contributed by atoms with Gasteiger partial charge in [-0.3, -0.25) is 0 Å². The van der Waals surface area contributed by atoms with Crippen LogP contribution in [0.3, 0.4) is 0 Å². The van der Waals surface area contributed by atoms with Crippen molar-refractivity contribution < 1.29 is 0 Å². The first-order valence-electron chi connectivity index (χ1n) is 5.38. The fourth-order valence-corrected chi connectivity index (χ4v) is 3.42. The van der Waals surface area contributed by atoms with Crippen molar-refractivity contribution in [3.8, 4) is 0 Å². The lowest BCUT2D eigenvalue weighted by Crippen LogP contribution is -2.12. The molecule has 0 radical (unpaired) electrons. The third-order valence-electron chi connectivity index (χ3n) is 3.02. The first-order valence-corrected chi connectivity index (χ1v) is 6.20. The van der Waals surface area contributed by atoms with Crippen LogP contribution in [0.15, 0.2) is 6.07 Å². The van der Waals surface area contributed by atoms with E-state index in [-0.39, 0.29) is 5.41 Å². The monoisotopic (exact) mass is 221 g/mol. The van der Waals surface area contributed by atoms with Gasteiger partial charge in [-0.25, -0.2) is 0 Å². The number of nitrogens with zero attached hydrogens (tertiary/aromatic N) is 1. The molecule has 0 amide bonds. The third-order valence-corrected chi connectivity index (χ3v) is 4.15. The van der Waals surface area contributed by atoms with E-state index < -0.39 is 0 Å². The van der Waals surface area contributed by atoms with Crippen LogP contribution < -0.4 is 0 Å². The van der Waals surface area contributed by atoms with Gasteiger partial charge in [0.05, 0.1) is 0 Å². The lowest BCUT2D eigenvalue weighted by atomic mass is 9.85. The Morgan fingerprint density at radius 2 is 1.80 bits per heavy atom. The van der Waals surface area contributed by atoms with E-state index in [1.807, 2.05) is 11.3 Å². The Balaban J connectivity index is 2.88. The van der Waals surface area contributed by atoms with Crippen LogP contribution in [0.25, 0.3) is 10.2 Å². The molecule has 2 aromatic heterocycles. The van der Waals surface area contributed by atoms with E-state index in [1.165, 1.54) is 26.4 Å². The minimum Gasteiger partial charge on any atom is -0.340 e. The van der Waals surface area contributed by atoms with E-state index >= 15 is 0 Å². The number of aromatic nitrogens is 1. The average Bonchev–Trinajstić information content (AvgIpc) is 2.51. The molecule has 0 unspecified atom stereocenters. The third kappa shape index (κ3) is 1.51. The number of aryl methyl sites for hydroxylation is 2. The maximum absolute atomic E-state index is 2.33. The topological polar surface area (TPSA) is 4.93 Å². The highest BCUT2D eigenvalue weighted by Crippen LogP contribution is 2.38. The second kappa shape index (κ2) is 3.11. The fraction of sp³-hybridized carbons (Fsp3) is 0.538. The summed E-state index contributed by atoms with van der Waals surface area (Å²) in [6.07, 6.45) is 0. The standard InChI is InChI=1S/C13H19NS/c1-8-7-10-11(13(3,4)5)9(2)14(6)12(10)15-8/h7H,1-6H3. The van der Waals surface area contributed by atoms with Crippen molar-refractivity contribution in [3.05, 3.63) is 22.2 Å². The molecule has 0 aliphatic rings. The van der Waals surface area contributed by atoms with Crippen LogP contribution in [-0.4, -0.2) is 4.57 Å². The predicted octanol–water partition coefficient (Wildman–Crippen LogP) is 4.15. The van der Waals surface area contributed by atoms with Gasteiger partial charge in [0.15, 0.2) is 0 Å². The van der Waals surface area contributed by atoms with Gasteiger partial charge in [-0.15, -0.1) is 11.3 Å². The maximum Gasteiger partial charge on any atom is 0.103 e. The number of fused-ring (bicyclic) bond motifs is 1. The van der Waals surface area contributed by atoms with Gasteiger partial charge in [0, 0.05) is 23.0 Å². The van der Waals surface area contributed by atoms with E-state index in [2.05, 4.69) is 52.3 Å². The molecule has 0 aromatic carbocycles. The molecule has 0 atom stereocenters. The normalized spacial score (nSPS) is 12.7. The molecular weight excluding hydrogens is 202 g/mol. The second-order valence-electron chi connectivity index (χ2n) is 5.35. The van der Waals surface area contributed by atoms with E-state index in [9.17, 15) is 0 Å². The molecule has 15 heavy (non-hydrogen) atoms. The minimum absolute atomic E-state index is 0.233. The molecule has 0 aliphatic carbocycles. The van der Waals surface area contributed by atoms with Gasteiger partial charge in [-0.1, -0.05) is 20.8 Å². The van der Waals surface area contributed by atoms with Crippen LogP contribution in [0, 0.1) is 13.8 Å². The summed E-state index contributed by atoms with van der Waals surface area (Å²) in [4.78, 5) is 2.82. The van der Waals surface area contributed by atoms with Crippen molar-refractivity contribution in [1.29, 1.82) is 0 Å². The number of rotatable bonds is 0. The SMILES string of the molecule is Cc1cc2c(C(C)(C)C)c(C)n(C)c2s1. The van der Waals surface area contributed by atoms with Crippen LogP contribution in [0.5, 0.6) is 0 Å². The molecule has 0 N–H and O–H groups in total. The van der Waals surface area contributed by atoms with Crippen molar-refractivity contribution in [1.82, 2.24) is 4.57 Å². The molecule has 0 saturated carbocycles. The van der Waals surface area contributed by atoms with Gasteiger partial charge < -0.3 is 4.57 Å². The molecule has 82 valence electrons. The zero-order chi connectivity index (χ0) is 11.4. The molecule has 2 rings (SSSR count). The van der Waals surface area contributed by atoms with Gasteiger partial charge in [-0.2, -0.15) is 0 Å². The van der Waals surface area contributed by atoms with Crippen molar-refractivity contribution >= 4 is 21.6 Å². The van der Waals surface area contributed by atoms with Gasteiger partial charge in [0.1, 0.15) is 4.83 Å². The Bertz CT molecular complexity index is 509. The van der Waals surface area contributed by atoms with Gasteiger partial charge >= 0.3 is 0 Å². The van der Waals surface area contributed by atoms with Crippen LogP contribution >= 0.6 is 11.3 Å². The quantitative estimate of drug-likeness (QED) is 0.629. The summed E-state index contributed by atoms with van der Waals surface area (Å²) < 4.78 is 2.33. The fourth-order valence-electron chi connectivity index (χ4n) is 2.39. The van der Waals surface area contributed by atoms with Gasteiger partial charge in [-0.05, 0) is 30.9 Å². The Hall–Kier alpha value is -0.760. The molecule has 2 heteroatoms. The van der Waals surface area contributed by atoms with Crippen LogP contribution in [0.4, 0.5) is 0 Å². The lowest BCUT2D eigenvalue weighted by molar-refractivity contribution is 0.587. The second-order valence-corrected chi connectivity index (χ2v) is 6.58. The molecule has 0 aliphatic heterocycles. The lowest BCUT2D eigenvalue weighted by Gasteiger charge is -2.19. The van der Waals surface area contributed by atoms with E-state index in [0.717, 1.165) is 0 Å². The molecule has 0 saturated heterocycles. The van der Waals surface area contributed by atoms with Crippen molar-refractivity contribution in [2.24, 2.45) is 7.05 Å². The summed E-state index contributed by atoms with van der Waals surface area (Å²) in [5.74, 6) is 0. The Morgan fingerprint density at radius 3 is 2.33 bits per heavy atom. The summed E-state index contributed by atoms with van der Waals surface area (Å²) in [5.41, 5.74) is 3.14. The Morgan fingerprint density at radius 1 is 1.20 bits per heavy atom. The highest BCUT2D eigenvalue weighted by Gasteiger charge is 2.24. The molecule has 2 aromatic rings. The summed E-state index contributed by atoms with van der Waals surface area (Å²) in [6.45, 7) is 11.3. The molecule has 0 bridgehead atoms. The first-order chi connectivity index (χ1) is 6.82. The summed E-state index contributed by atoms with van der Waals surface area (Å²) >= 11 is 1.89. The number of hydrogen-bond donors (Lipinski definition) is 0. The molecule has 0 spiro atoms. The average molecular weight is 221 g/mol. The highest BCUT2D eigenvalue weighted by atomic mass is 32.1. The number of hydrogen-bond acceptors (Lipinski definition) is 1. The zero-order valence-corrected chi connectivity index (χ0v) is 11.2. The van der Waals surface area contributed by atoms with Gasteiger partial charge in [0.2, 0.25) is 0 Å². The van der Waals surface area contributed by atoms with Crippen molar-refractivity contribution in [2.75, 3.05) is 0 Å². The summed E-state index contributed by atoms with van der Waals surface area (Å²) in [6, 6.07) is 2.33. The van der Waals surface area contributed by atoms with Crippen LogP contribution in [0.1, 0.15) is 36.9 Å². The van der Waals surface area contributed by atoms with Crippen molar-refractivity contribution in [3.63, 3.8) is 0 Å². The van der Waals surface area contributed by atoms with Gasteiger partial charge in [0.25, 0.3) is 0 Å². The first kappa shape index (κ1) is 10.7. The highest BCUT2D eigenvalue weighted by molar-refractivity contribution is 7.18. The van der Waals surface area contributed by atoms with E-state index in [1.54, 1.807) is 0 Å². The zero-order valence-electron chi connectivity index (χ0n) is 10.4. The maximum atomic E-state index is 2.33. The smallest absolute Gasteiger partial charge is 0.103 e. The van der Waals surface area contributed by atoms with Crippen LogP contribution in [0.2, 0.25) is 0 Å². The molecule has 2 heterocycles. The Kier molecular flexibility index (Phi) is 2.23. The minimum atomic E-state index is 0.233. The van der Waals surface area contributed by atoms with Crippen LogP contribution in [-0.2, 0) is 12.5 Å². The predicted molar refractivity (Wildman–Crippen MR) is 69.0 cm³/mol. The van der Waals surface area contributed by atoms with E-state index in [0.29, 0.717) is 0 Å². The molecule has 1 nitrogen and oxygen atoms in total. The molecular formula is C13H19NS. The summed E-state index contributed by atoms with van der Waals surface area (Å²) in [7, 11) is 2.17. The van der Waals surface area contributed by atoms with Crippen molar-refractivity contribution in [2.45, 2.75) is 40.0 Å². The van der Waals surface area contributed by atoms with E-state index in [4.69, 9.17) is 0 Å². The largest absolute Gasteiger partial charge is 0.340 e.